The molecule has 0 aromatic heterocycles. The van der Waals surface area contributed by atoms with Crippen molar-refractivity contribution in [1.82, 2.24) is 10.2 Å². The minimum absolute atomic E-state index is 0.0693. The maximum absolute atomic E-state index is 13.4. The molecule has 2 aliphatic heterocycles. The van der Waals surface area contributed by atoms with E-state index in [2.05, 4.69) is 17.1 Å². The molecule has 0 aliphatic carbocycles. The van der Waals surface area contributed by atoms with Crippen molar-refractivity contribution in [3.8, 4) is 0 Å². The second-order valence-electron chi connectivity index (χ2n) is 7.05. The van der Waals surface area contributed by atoms with Gasteiger partial charge in [0.1, 0.15) is 11.5 Å². The molecule has 1 saturated heterocycles. The summed E-state index contributed by atoms with van der Waals surface area (Å²) in [5.41, 5.74) is 1.49. The summed E-state index contributed by atoms with van der Waals surface area (Å²) < 4.78 is 13.4. The lowest BCUT2D eigenvalue weighted by Gasteiger charge is -2.52. The van der Waals surface area contributed by atoms with Crippen LogP contribution in [0.3, 0.4) is 0 Å². The Labute approximate surface area is 157 Å². The molecule has 0 saturated carbocycles. The molecule has 1 N–H and O–H groups in total. The monoisotopic (exact) mass is 367 g/mol. The zero-order chi connectivity index (χ0) is 19.0. The first kappa shape index (κ1) is 17.5. The van der Waals surface area contributed by atoms with Crippen LogP contribution in [0.4, 0.5) is 10.1 Å². The Balaban J connectivity index is 1.56. The highest BCUT2D eigenvalue weighted by molar-refractivity contribution is 6.02. The van der Waals surface area contributed by atoms with E-state index < -0.39 is 11.5 Å². The maximum atomic E-state index is 13.4. The third-order valence-electron chi connectivity index (χ3n) is 5.57. The second-order valence-corrected chi connectivity index (χ2v) is 7.05. The van der Waals surface area contributed by atoms with Gasteiger partial charge in [-0.3, -0.25) is 9.59 Å². The number of carbonyl (C=O) groups is 2. The van der Waals surface area contributed by atoms with E-state index in [1.165, 1.54) is 12.1 Å². The fraction of sp³-hybridized carbons (Fsp3) is 0.333. The van der Waals surface area contributed by atoms with Crippen molar-refractivity contribution in [2.45, 2.75) is 25.4 Å². The smallest absolute Gasteiger partial charge is 0.255 e. The van der Waals surface area contributed by atoms with E-state index >= 15 is 0 Å². The molecule has 2 aromatic carbocycles. The predicted molar refractivity (Wildman–Crippen MR) is 101 cm³/mol. The molecular weight excluding hydrogens is 345 g/mol. The average Bonchev–Trinajstić information content (AvgIpc) is 2.68. The number of anilines is 1. The lowest BCUT2D eigenvalue weighted by molar-refractivity contribution is 0.0603. The largest absolute Gasteiger partial charge is 0.348 e. The lowest BCUT2D eigenvalue weighted by atomic mass is 9.89. The van der Waals surface area contributed by atoms with Gasteiger partial charge in [0.2, 0.25) is 0 Å². The molecular formula is C21H22FN3O2. The van der Waals surface area contributed by atoms with Gasteiger partial charge in [0.05, 0.1) is 11.3 Å². The first-order chi connectivity index (χ1) is 13.0. The molecule has 1 fully saturated rings. The third-order valence-corrected chi connectivity index (χ3v) is 5.57. The number of hydrogen-bond donors (Lipinski definition) is 1. The Bertz CT molecular complexity index is 891. The molecule has 2 heterocycles. The summed E-state index contributed by atoms with van der Waals surface area (Å²) in [6, 6.07) is 13.4. The molecule has 6 heteroatoms. The Kier molecular flexibility index (Phi) is 4.34. The Morgan fingerprint density at radius 2 is 1.89 bits per heavy atom. The Hall–Kier alpha value is -2.89. The number of nitrogens with one attached hydrogen (secondary N) is 1. The topological polar surface area (TPSA) is 52.7 Å². The van der Waals surface area contributed by atoms with Crippen molar-refractivity contribution in [2.75, 3.05) is 24.5 Å². The van der Waals surface area contributed by atoms with Crippen LogP contribution < -0.4 is 10.2 Å². The number of para-hydroxylation sites is 1. The number of fused-ring (bicyclic) bond motifs is 1. The maximum Gasteiger partial charge on any atom is 0.255 e. The van der Waals surface area contributed by atoms with Gasteiger partial charge in [0, 0.05) is 38.0 Å². The molecule has 2 aromatic rings. The number of amides is 2. The van der Waals surface area contributed by atoms with E-state index in [0.29, 0.717) is 37.1 Å². The third kappa shape index (κ3) is 2.95. The second kappa shape index (κ2) is 6.68. The van der Waals surface area contributed by atoms with Crippen molar-refractivity contribution in [3.05, 3.63) is 65.5 Å². The van der Waals surface area contributed by atoms with Crippen LogP contribution in [0.25, 0.3) is 0 Å². The number of nitrogens with zero attached hydrogens (tertiary/aromatic N) is 2. The van der Waals surface area contributed by atoms with Gasteiger partial charge in [0.25, 0.3) is 11.8 Å². The predicted octanol–water partition coefficient (Wildman–Crippen LogP) is 3.03. The highest BCUT2D eigenvalue weighted by Gasteiger charge is 2.45. The fourth-order valence-corrected chi connectivity index (χ4v) is 4.23. The van der Waals surface area contributed by atoms with Crippen LogP contribution in [-0.4, -0.2) is 42.0 Å². The van der Waals surface area contributed by atoms with Crippen LogP contribution in [0.15, 0.2) is 48.5 Å². The zero-order valence-electron chi connectivity index (χ0n) is 15.2. The summed E-state index contributed by atoms with van der Waals surface area (Å²) in [5.74, 6) is -0.655. The molecule has 0 bridgehead atoms. The van der Waals surface area contributed by atoms with Crippen molar-refractivity contribution < 1.29 is 14.0 Å². The number of hydrogen-bond acceptors (Lipinski definition) is 3. The van der Waals surface area contributed by atoms with Crippen LogP contribution in [0.2, 0.25) is 0 Å². The van der Waals surface area contributed by atoms with Crippen molar-refractivity contribution in [2.24, 2.45) is 0 Å². The fourth-order valence-electron chi connectivity index (χ4n) is 4.23. The van der Waals surface area contributed by atoms with Crippen molar-refractivity contribution >= 4 is 17.5 Å². The Morgan fingerprint density at radius 3 is 2.59 bits per heavy atom. The van der Waals surface area contributed by atoms with Gasteiger partial charge in [0.15, 0.2) is 0 Å². The molecule has 5 nitrogen and oxygen atoms in total. The molecule has 2 aliphatic rings. The van der Waals surface area contributed by atoms with E-state index in [0.717, 1.165) is 12.2 Å². The minimum atomic E-state index is -0.487. The van der Waals surface area contributed by atoms with Crippen LogP contribution in [0.5, 0.6) is 0 Å². The molecule has 1 spiro atoms. The van der Waals surface area contributed by atoms with Crippen molar-refractivity contribution in [3.63, 3.8) is 0 Å². The van der Waals surface area contributed by atoms with E-state index in [9.17, 15) is 14.0 Å². The Morgan fingerprint density at radius 1 is 1.15 bits per heavy atom. The molecule has 4 rings (SSSR count). The van der Waals surface area contributed by atoms with Crippen LogP contribution in [0, 0.1) is 5.82 Å². The summed E-state index contributed by atoms with van der Waals surface area (Å²) in [6.07, 6.45) is 1.25. The highest BCUT2D eigenvalue weighted by atomic mass is 19.1. The number of likely N-dealkylation sites (tertiary alicyclic amines) is 1. The summed E-state index contributed by atoms with van der Waals surface area (Å²) in [4.78, 5) is 29.3. The molecule has 0 unspecified atom stereocenters. The molecule has 27 heavy (non-hydrogen) atoms. The van der Waals surface area contributed by atoms with E-state index in [4.69, 9.17) is 0 Å². The number of benzene rings is 2. The molecule has 140 valence electrons. The van der Waals surface area contributed by atoms with Gasteiger partial charge in [-0.25, -0.2) is 4.39 Å². The first-order valence-electron chi connectivity index (χ1n) is 9.28. The molecule has 0 radical (unpaired) electrons. The lowest BCUT2D eigenvalue weighted by Crippen LogP contribution is -2.68. The summed E-state index contributed by atoms with van der Waals surface area (Å²) >= 11 is 0. The summed E-state index contributed by atoms with van der Waals surface area (Å²) in [6.45, 7) is 3.85. The van der Waals surface area contributed by atoms with Gasteiger partial charge in [-0.1, -0.05) is 18.2 Å². The van der Waals surface area contributed by atoms with Crippen LogP contribution >= 0.6 is 0 Å². The number of carbonyl (C=O) groups excluding carboxylic acids is 2. The zero-order valence-corrected chi connectivity index (χ0v) is 15.2. The van der Waals surface area contributed by atoms with E-state index in [1.807, 2.05) is 24.3 Å². The number of rotatable bonds is 2. The van der Waals surface area contributed by atoms with Gasteiger partial charge in [-0.15, -0.1) is 0 Å². The SMILES string of the molecule is CCN1c2ccccc2C(=O)NC12CCN(C(=O)c1cccc(F)c1)CC2. The average molecular weight is 367 g/mol. The van der Waals surface area contributed by atoms with E-state index in [1.54, 1.807) is 17.0 Å². The van der Waals surface area contributed by atoms with Gasteiger partial charge >= 0.3 is 0 Å². The van der Waals surface area contributed by atoms with E-state index in [-0.39, 0.29) is 11.8 Å². The number of piperidine rings is 1. The van der Waals surface area contributed by atoms with Crippen LogP contribution in [-0.2, 0) is 0 Å². The standard InChI is InChI=1S/C21H22FN3O2/c1-2-25-18-9-4-3-8-17(18)19(26)23-21(25)10-12-24(13-11-21)20(27)15-6-5-7-16(22)14-15/h3-9,14H,2,10-13H2,1H3,(H,23,26). The molecule has 2 amide bonds. The van der Waals surface area contributed by atoms with Crippen molar-refractivity contribution in [1.29, 1.82) is 0 Å². The summed E-state index contributed by atoms with van der Waals surface area (Å²) in [7, 11) is 0. The first-order valence-corrected chi connectivity index (χ1v) is 9.28. The van der Waals surface area contributed by atoms with Crippen LogP contribution in [0.1, 0.15) is 40.5 Å². The quantitative estimate of drug-likeness (QED) is 0.888. The molecule has 0 atom stereocenters. The van der Waals surface area contributed by atoms with Gasteiger partial charge < -0.3 is 15.1 Å². The number of halogens is 1. The minimum Gasteiger partial charge on any atom is -0.348 e. The normalized spacial score (nSPS) is 18.2. The highest BCUT2D eigenvalue weighted by Crippen LogP contribution is 2.37. The van der Waals surface area contributed by atoms with Gasteiger partial charge in [-0.2, -0.15) is 0 Å². The van der Waals surface area contributed by atoms with Gasteiger partial charge in [-0.05, 0) is 37.3 Å². The summed E-state index contributed by atoms with van der Waals surface area (Å²) in [5, 5.41) is 3.19.